The Morgan fingerprint density at radius 2 is 2.04 bits per heavy atom. The maximum atomic E-state index is 12.5. The van der Waals surface area contributed by atoms with Gasteiger partial charge in [0.25, 0.3) is 0 Å². The number of carbonyl (C=O) groups is 1. The first kappa shape index (κ1) is 21.2. The summed E-state index contributed by atoms with van der Waals surface area (Å²) in [5.41, 5.74) is 0. The zero-order valence-corrected chi connectivity index (χ0v) is 16.7. The standard InChI is InChI=1S/C18H27ClN2O4S/c1-2-25-18(22)7-3-4-12-21-13-5-6-16(14-21)20-26(23,24)17-10-8-15(19)9-11-17/h8-11,16,20H,2-7,12-14H2,1H3. The van der Waals surface area contributed by atoms with Crippen LogP contribution in [0.4, 0.5) is 0 Å². The minimum absolute atomic E-state index is 0.102. The molecule has 1 aliphatic rings. The molecule has 26 heavy (non-hydrogen) atoms. The molecule has 0 bridgehead atoms. The Balaban J connectivity index is 1.78. The van der Waals surface area contributed by atoms with Crippen molar-refractivity contribution in [2.24, 2.45) is 0 Å². The Kier molecular flexibility index (Phi) is 8.34. The highest BCUT2D eigenvalue weighted by Crippen LogP contribution is 2.17. The normalized spacial score (nSPS) is 18.6. The van der Waals surface area contributed by atoms with Gasteiger partial charge in [-0.05, 0) is 70.0 Å². The molecule has 1 fully saturated rings. The molecule has 0 aromatic heterocycles. The van der Waals surface area contributed by atoms with Gasteiger partial charge in [0.2, 0.25) is 10.0 Å². The Morgan fingerprint density at radius 1 is 1.31 bits per heavy atom. The molecule has 1 atom stereocenters. The number of esters is 1. The van der Waals surface area contributed by atoms with Crippen LogP contribution in [0.3, 0.4) is 0 Å². The molecular formula is C18H27ClN2O4S. The summed E-state index contributed by atoms with van der Waals surface area (Å²) in [7, 11) is -3.54. The van der Waals surface area contributed by atoms with Gasteiger partial charge in [0.1, 0.15) is 0 Å². The van der Waals surface area contributed by atoms with Crippen LogP contribution >= 0.6 is 11.6 Å². The van der Waals surface area contributed by atoms with E-state index in [-0.39, 0.29) is 16.9 Å². The molecule has 0 saturated carbocycles. The first-order valence-corrected chi connectivity index (χ1v) is 10.9. The number of halogens is 1. The van der Waals surface area contributed by atoms with E-state index in [0.717, 1.165) is 38.8 Å². The van der Waals surface area contributed by atoms with Crippen molar-refractivity contribution < 1.29 is 17.9 Å². The van der Waals surface area contributed by atoms with Gasteiger partial charge in [0, 0.05) is 24.0 Å². The highest BCUT2D eigenvalue weighted by Gasteiger charge is 2.25. The maximum Gasteiger partial charge on any atom is 0.305 e. The smallest absolute Gasteiger partial charge is 0.305 e. The van der Waals surface area contributed by atoms with E-state index in [9.17, 15) is 13.2 Å². The van der Waals surface area contributed by atoms with Crippen molar-refractivity contribution in [3.63, 3.8) is 0 Å². The minimum atomic E-state index is -3.54. The number of carbonyl (C=O) groups excluding carboxylic acids is 1. The zero-order chi connectivity index (χ0) is 19.0. The third kappa shape index (κ3) is 6.87. The molecule has 2 rings (SSSR count). The van der Waals surface area contributed by atoms with Crippen LogP contribution in [0, 0.1) is 0 Å². The fourth-order valence-electron chi connectivity index (χ4n) is 3.09. The summed E-state index contributed by atoms with van der Waals surface area (Å²) in [5.74, 6) is -0.153. The summed E-state index contributed by atoms with van der Waals surface area (Å²) >= 11 is 5.82. The summed E-state index contributed by atoms with van der Waals surface area (Å²) in [4.78, 5) is 13.8. The summed E-state index contributed by atoms with van der Waals surface area (Å²) in [5, 5.41) is 0.510. The van der Waals surface area contributed by atoms with Crippen LogP contribution < -0.4 is 4.72 Å². The van der Waals surface area contributed by atoms with Gasteiger partial charge >= 0.3 is 5.97 Å². The monoisotopic (exact) mass is 402 g/mol. The minimum Gasteiger partial charge on any atom is -0.466 e. The second kappa shape index (κ2) is 10.3. The van der Waals surface area contributed by atoms with Gasteiger partial charge in [0.15, 0.2) is 0 Å². The lowest BCUT2D eigenvalue weighted by Crippen LogP contribution is -2.47. The lowest BCUT2D eigenvalue weighted by molar-refractivity contribution is -0.143. The molecule has 1 aliphatic heterocycles. The largest absolute Gasteiger partial charge is 0.466 e. The molecular weight excluding hydrogens is 376 g/mol. The predicted octanol–water partition coefficient (Wildman–Crippen LogP) is 2.82. The molecule has 0 spiro atoms. The second-order valence-corrected chi connectivity index (χ2v) is 8.63. The number of likely N-dealkylation sites (tertiary alicyclic amines) is 1. The summed E-state index contributed by atoms with van der Waals surface area (Å²) in [6, 6.07) is 6.08. The molecule has 1 saturated heterocycles. The maximum absolute atomic E-state index is 12.5. The first-order chi connectivity index (χ1) is 12.4. The van der Waals surface area contributed by atoms with Crippen molar-refractivity contribution in [1.29, 1.82) is 0 Å². The lowest BCUT2D eigenvalue weighted by Gasteiger charge is -2.33. The molecule has 0 radical (unpaired) electrons. The quantitative estimate of drug-likeness (QED) is 0.507. The van der Waals surface area contributed by atoms with Gasteiger partial charge in [-0.1, -0.05) is 11.6 Å². The van der Waals surface area contributed by atoms with Crippen molar-refractivity contribution in [1.82, 2.24) is 9.62 Å². The molecule has 6 nitrogen and oxygen atoms in total. The van der Waals surface area contributed by atoms with Crippen molar-refractivity contribution in [2.45, 2.75) is 50.0 Å². The third-order valence-electron chi connectivity index (χ3n) is 4.36. The molecule has 1 aromatic carbocycles. The van der Waals surface area contributed by atoms with E-state index >= 15 is 0 Å². The number of unbranched alkanes of at least 4 members (excludes halogenated alkanes) is 1. The van der Waals surface area contributed by atoms with Gasteiger partial charge < -0.3 is 9.64 Å². The van der Waals surface area contributed by atoms with E-state index in [4.69, 9.17) is 16.3 Å². The van der Waals surface area contributed by atoms with Gasteiger partial charge in [-0.25, -0.2) is 13.1 Å². The van der Waals surface area contributed by atoms with E-state index in [1.165, 1.54) is 12.1 Å². The molecule has 0 aliphatic carbocycles. The number of sulfonamides is 1. The summed E-state index contributed by atoms with van der Waals surface area (Å²) in [6.45, 7) is 4.72. The molecule has 8 heteroatoms. The first-order valence-electron chi connectivity index (χ1n) is 9.06. The van der Waals surface area contributed by atoms with E-state index in [0.29, 0.717) is 24.6 Å². The molecule has 1 heterocycles. The predicted molar refractivity (Wildman–Crippen MR) is 102 cm³/mol. The number of rotatable bonds is 9. The number of nitrogens with zero attached hydrogens (tertiary/aromatic N) is 1. The number of benzene rings is 1. The topological polar surface area (TPSA) is 75.7 Å². The third-order valence-corrected chi connectivity index (χ3v) is 6.15. The van der Waals surface area contributed by atoms with E-state index in [1.54, 1.807) is 19.1 Å². The van der Waals surface area contributed by atoms with E-state index < -0.39 is 10.0 Å². The number of piperidine rings is 1. The molecule has 1 unspecified atom stereocenters. The van der Waals surface area contributed by atoms with Gasteiger partial charge in [-0.2, -0.15) is 0 Å². The van der Waals surface area contributed by atoms with Gasteiger partial charge in [0.05, 0.1) is 11.5 Å². The van der Waals surface area contributed by atoms with Crippen LogP contribution in [0.5, 0.6) is 0 Å². The van der Waals surface area contributed by atoms with Crippen LogP contribution in [0.2, 0.25) is 5.02 Å². The molecule has 1 N–H and O–H groups in total. The number of nitrogens with one attached hydrogen (secondary N) is 1. The van der Waals surface area contributed by atoms with Crippen molar-refractivity contribution in [3.8, 4) is 0 Å². The van der Waals surface area contributed by atoms with Crippen LogP contribution in [-0.4, -0.2) is 51.6 Å². The van der Waals surface area contributed by atoms with E-state index in [1.807, 2.05) is 0 Å². The Bertz CT molecular complexity index is 679. The van der Waals surface area contributed by atoms with Crippen molar-refractivity contribution in [3.05, 3.63) is 29.3 Å². The lowest BCUT2D eigenvalue weighted by atomic mass is 10.1. The number of ether oxygens (including phenoxy) is 1. The molecule has 0 amide bonds. The molecule has 146 valence electrons. The molecule has 1 aromatic rings. The van der Waals surface area contributed by atoms with E-state index in [2.05, 4.69) is 9.62 Å². The van der Waals surface area contributed by atoms with Gasteiger partial charge in [-0.3, -0.25) is 4.79 Å². The fraction of sp³-hybridized carbons (Fsp3) is 0.611. The highest BCUT2D eigenvalue weighted by atomic mass is 35.5. The van der Waals surface area contributed by atoms with Crippen LogP contribution in [0.1, 0.15) is 39.0 Å². The summed E-state index contributed by atoms with van der Waals surface area (Å²) in [6.07, 6.45) is 3.90. The average molecular weight is 403 g/mol. The fourth-order valence-corrected chi connectivity index (χ4v) is 4.48. The van der Waals surface area contributed by atoms with Crippen LogP contribution in [0.25, 0.3) is 0 Å². The number of hydrogen-bond donors (Lipinski definition) is 1. The number of hydrogen-bond acceptors (Lipinski definition) is 5. The van der Waals surface area contributed by atoms with Gasteiger partial charge in [-0.15, -0.1) is 0 Å². The highest BCUT2D eigenvalue weighted by molar-refractivity contribution is 7.89. The Morgan fingerprint density at radius 3 is 2.73 bits per heavy atom. The Hall–Kier alpha value is -1.15. The van der Waals surface area contributed by atoms with Crippen LogP contribution in [0.15, 0.2) is 29.2 Å². The zero-order valence-electron chi connectivity index (χ0n) is 15.1. The SMILES string of the molecule is CCOC(=O)CCCCN1CCCC(NS(=O)(=O)c2ccc(Cl)cc2)C1. The van der Waals surface area contributed by atoms with Crippen molar-refractivity contribution >= 4 is 27.6 Å². The van der Waals surface area contributed by atoms with Crippen LogP contribution in [-0.2, 0) is 19.6 Å². The average Bonchev–Trinajstić information content (AvgIpc) is 2.59. The second-order valence-electron chi connectivity index (χ2n) is 6.48. The van der Waals surface area contributed by atoms with Crippen molar-refractivity contribution in [2.75, 3.05) is 26.2 Å². The Labute approximate surface area is 160 Å². The summed E-state index contributed by atoms with van der Waals surface area (Å²) < 4.78 is 32.7.